The molecule has 2 N–H and O–H groups in total. The molecule has 0 atom stereocenters. The first kappa shape index (κ1) is 15.8. The van der Waals surface area contributed by atoms with Gasteiger partial charge in [-0.15, -0.1) is 0 Å². The van der Waals surface area contributed by atoms with Gasteiger partial charge in [-0.3, -0.25) is 4.79 Å². The van der Waals surface area contributed by atoms with E-state index in [2.05, 4.69) is 10.6 Å². The third kappa shape index (κ3) is 5.75. The molecule has 21 heavy (non-hydrogen) atoms. The molecule has 1 saturated carbocycles. The highest BCUT2D eigenvalue weighted by Crippen LogP contribution is 2.29. The van der Waals surface area contributed by atoms with Gasteiger partial charge in [-0.2, -0.15) is 13.2 Å². The summed E-state index contributed by atoms with van der Waals surface area (Å²) in [5.74, 6) is -0.166. The molecule has 1 amide bonds. The van der Waals surface area contributed by atoms with Crippen molar-refractivity contribution >= 4 is 5.91 Å². The Morgan fingerprint density at radius 2 is 1.81 bits per heavy atom. The fourth-order valence-electron chi connectivity index (χ4n) is 1.97. The fourth-order valence-corrected chi connectivity index (χ4v) is 1.97. The van der Waals surface area contributed by atoms with Crippen molar-refractivity contribution in [2.24, 2.45) is 0 Å². The Morgan fingerprint density at radius 3 is 2.38 bits per heavy atom. The third-order valence-corrected chi connectivity index (χ3v) is 3.33. The Bertz CT molecular complexity index is 467. The molecule has 0 unspecified atom stereocenters. The summed E-state index contributed by atoms with van der Waals surface area (Å²) in [5.41, 5.74) is -0.116. The highest BCUT2D eigenvalue weighted by Gasteiger charge is 2.29. The van der Waals surface area contributed by atoms with Gasteiger partial charge in [0.15, 0.2) is 0 Å². The van der Waals surface area contributed by atoms with Crippen molar-refractivity contribution < 1.29 is 18.0 Å². The van der Waals surface area contributed by atoms with Crippen LogP contribution in [0.2, 0.25) is 0 Å². The standard InChI is InChI=1S/C15H19F3N2O/c16-15(17,18)12-4-2-11(3-5-12)10-14(21)20-9-1-8-19-13-6-7-13/h2-5,13,19H,1,6-10H2,(H,20,21). The summed E-state index contributed by atoms with van der Waals surface area (Å²) in [7, 11) is 0. The average molecular weight is 300 g/mol. The van der Waals surface area contributed by atoms with Crippen LogP contribution in [0.4, 0.5) is 13.2 Å². The molecule has 1 aliphatic carbocycles. The summed E-state index contributed by atoms with van der Waals surface area (Å²) in [6, 6.07) is 5.35. The highest BCUT2D eigenvalue weighted by atomic mass is 19.4. The quantitative estimate of drug-likeness (QED) is 0.760. The van der Waals surface area contributed by atoms with E-state index in [9.17, 15) is 18.0 Å². The Kier molecular flexibility index (Phi) is 5.22. The summed E-state index contributed by atoms with van der Waals surface area (Å²) in [6.07, 6.45) is -0.903. The Balaban J connectivity index is 1.66. The van der Waals surface area contributed by atoms with Gasteiger partial charge >= 0.3 is 6.18 Å². The van der Waals surface area contributed by atoms with E-state index < -0.39 is 11.7 Å². The van der Waals surface area contributed by atoms with Gasteiger partial charge in [-0.1, -0.05) is 12.1 Å². The molecule has 1 aromatic rings. The van der Waals surface area contributed by atoms with E-state index in [1.54, 1.807) is 0 Å². The van der Waals surface area contributed by atoms with Crippen LogP contribution in [0, 0.1) is 0 Å². The van der Waals surface area contributed by atoms with Crippen LogP contribution in [0.25, 0.3) is 0 Å². The van der Waals surface area contributed by atoms with Gasteiger partial charge < -0.3 is 10.6 Å². The summed E-state index contributed by atoms with van der Waals surface area (Å²) >= 11 is 0. The SMILES string of the molecule is O=C(Cc1ccc(C(F)(F)F)cc1)NCCCNC1CC1. The summed E-state index contributed by atoms with van der Waals surface area (Å²) < 4.78 is 37.2. The molecule has 0 aliphatic heterocycles. The molecule has 1 aliphatic rings. The molecule has 0 spiro atoms. The van der Waals surface area contributed by atoms with Crippen molar-refractivity contribution in [3.63, 3.8) is 0 Å². The van der Waals surface area contributed by atoms with Crippen LogP contribution in [0.1, 0.15) is 30.4 Å². The van der Waals surface area contributed by atoms with Gasteiger partial charge in [0.2, 0.25) is 5.91 Å². The zero-order chi connectivity index (χ0) is 15.3. The van der Waals surface area contributed by atoms with Crippen molar-refractivity contribution in [1.29, 1.82) is 0 Å². The number of amides is 1. The van der Waals surface area contributed by atoms with E-state index in [0.29, 0.717) is 18.2 Å². The Labute approximate surface area is 121 Å². The number of alkyl halides is 3. The summed E-state index contributed by atoms with van der Waals surface area (Å²) in [5, 5.41) is 6.11. The number of carbonyl (C=O) groups excluding carboxylic acids is 1. The molecule has 0 radical (unpaired) electrons. The van der Waals surface area contributed by atoms with Crippen LogP contribution >= 0.6 is 0 Å². The number of rotatable bonds is 7. The maximum absolute atomic E-state index is 12.4. The van der Waals surface area contributed by atoms with E-state index in [-0.39, 0.29) is 12.3 Å². The molecule has 0 bridgehead atoms. The smallest absolute Gasteiger partial charge is 0.356 e. The van der Waals surface area contributed by atoms with E-state index in [1.807, 2.05) is 0 Å². The monoisotopic (exact) mass is 300 g/mol. The zero-order valence-corrected chi connectivity index (χ0v) is 11.7. The van der Waals surface area contributed by atoms with Crippen molar-refractivity contribution in [1.82, 2.24) is 10.6 Å². The Hall–Kier alpha value is -1.56. The minimum atomic E-state index is -4.34. The molecular formula is C15H19F3N2O. The lowest BCUT2D eigenvalue weighted by atomic mass is 10.1. The second-order valence-electron chi connectivity index (χ2n) is 5.30. The molecule has 0 aromatic heterocycles. The normalized spacial score (nSPS) is 15.0. The van der Waals surface area contributed by atoms with E-state index in [4.69, 9.17) is 0 Å². The molecule has 1 aromatic carbocycles. The fraction of sp³-hybridized carbons (Fsp3) is 0.533. The first-order valence-corrected chi connectivity index (χ1v) is 7.11. The number of halogens is 3. The second-order valence-corrected chi connectivity index (χ2v) is 5.30. The average Bonchev–Trinajstić information content (AvgIpc) is 3.22. The minimum Gasteiger partial charge on any atom is -0.356 e. The molecule has 3 nitrogen and oxygen atoms in total. The Morgan fingerprint density at radius 1 is 1.14 bits per heavy atom. The first-order valence-electron chi connectivity index (χ1n) is 7.11. The molecule has 116 valence electrons. The van der Waals surface area contributed by atoms with Crippen LogP contribution in [0.3, 0.4) is 0 Å². The van der Waals surface area contributed by atoms with Gasteiger partial charge in [0, 0.05) is 12.6 Å². The third-order valence-electron chi connectivity index (χ3n) is 3.33. The topological polar surface area (TPSA) is 41.1 Å². The molecule has 0 saturated heterocycles. The largest absolute Gasteiger partial charge is 0.416 e. The van der Waals surface area contributed by atoms with Crippen LogP contribution < -0.4 is 10.6 Å². The number of benzene rings is 1. The van der Waals surface area contributed by atoms with Crippen molar-refractivity contribution in [2.75, 3.05) is 13.1 Å². The number of hydrogen-bond acceptors (Lipinski definition) is 2. The lowest BCUT2D eigenvalue weighted by Gasteiger charge is -2.08. The first-order chi connectivity index (χ1) is 9.95. The molecular weight excluding hydrogens is 281 g/mol. The summed E-state index contributed by atoms with van der Waals surface area (Å²) in [4.78, 5) is 11.6. The maximum Gasteiger partial charge on any atom is 0.416 e. The van der Waals surface area contributed by atoms with Gasteiger partial charge in [0.1, 0.15) is 0 Å². The van der Waals surface area contributed by atoms with Crippen molar-refractivity contribution in [3.8, 4) is 0 Å². The van der Waals surface area contributed by atoms with E-state index in [0.717, 1.165) is 25.1 Å². The minimum absolute atomic E-state index is 0.105. The molecule has 6 heteroatoms. The highest BCUT2D eigenvalue weighted by molar-refractivity contribution is 5.78. The predicted octanol–water partition coefficient (Wildman–Crippen LogP) is 2.51. The molecule has 2 rings (SSSR count). The predicted molar refractivity (Wildman–Crippen MR) is 73.8 cm³/mol. The van der Waals surface area contributed by atoms with Gasteiger partial charge in [-0.05, 0) is 43.5 Å². The van der Waals surface area contributed by atoms with Crippen LogP contribution in [0.5, 0.6) is 0 Å². The van der Waals surface area contributed by atoms with E-state index >= 15 is 0 Å². The van der Waals surface area contributed by atoms with Crippen LogP contribution in [-0.2, 0) is 17.4 Å². The zero-order valence-electron chi connectivity index (χ0n) is 11.7. The van der Waals surface area contributed by atoms with Crippen LogP contribution in [-0.4, -0.2) is 25.0 Å². The maximum atomic E-state index is 12.4. The van der Waals surface area contributed by atoms with Crippen LogP contribution in [0.15, 0.2) is 24.3 Å². The number of nitrogens with one attached hydrogen (secondary N) is 2. The van der Waals surface area contributed by atoms with E-state index in [1.165, 1.54) is 25.0 Å². The molecule has 0 heterocycles. The number of hydrogen-bond donors (Lipinski definition) is 2. The van der Waals surface area contributed by atoms with Gasteiger partial charge in [0.25, 0.3) is 0 Å². The van der Waals surface area contributed by atoms with Gasteiger partial charge in [0.05, 0.1) is 12.0 Å². The lowest BCUT2D eigenvalue weighted by Crippen LogP contribution is -2.29. The lowest BCUT2D eigenvalue weighted by molar-refractivity contribution is -0.137. The number of carbonyl (C=O) groups is 1. The summed E-state index contributed by atoms with van der Waals surface area (Å²) in [6.45, 7) is 1.46. The van der Waals surface area contributed by atoms with Crippen molar-refractivity contribution in [2.45, 2.75) is 37.9 Å². The van der Waals surface area contributed by atoms with Crippen molar-refractivity contribution in [3.05, 3.63) is 35.4 Å². The second kappa shape index (κ2) is 6.93. The van der Waals surface area contributed by atoms with Gasteiger partial charge in [-0.25, -0.2) is 0 Å². The molecule has 1 fully saturated rings.